The average molecular weight is 505 g/mol. The van der Waals surface area contributed by atoms with Crippen LogP contribution in [0.1, 0.15) is 55.7 Å². The minimum absolute atomic E-state index is 0.204. The maximum Gasteiger partial charge on any atom is 0.416 e. The Kier molecular flexibility index (Phi) is 7.24. The van der Waals surface area contributed by atoms with E-state index in [-0.39, 0.29) is 12.1 Å². The highest BCUT2D eigenvalue weighted by Crippen LogP contribution is 2.46. The van der Waals surface area contributed by atoms with Crippen LogP contribution in [-0.2, 0) is 12.6 Å². The largest absolute Gasteiger partial charge is 0.416 e. The zero-order valence-corrected chi connectivity index (χ0v) is 21.2. The number of rotatable bonds is 5. The third-order valence-corrected chi connectivity index (χ3v) is 8.75. The molecule has 2 saturated heterocycles. The fraction of sp³-hybridized carbons (Fsp3) is 0.556. The van der Waals surface area contributed by atoms with Crippen LogP contribution >= 0.6 is 11.8 Å². The van der Waals surface area contributed by atoms with Gasteiger partial charge in [0.1, 0.15) is 0 Å². The Morgan fingerprint density at radius 1 is 1.00 bits per heavy atom. The van der Waals surface area contributed by atoms with Crippen LogP contribution in [0.3, 0.4) is 0 Å². The second-order valence-corrected chi connectivity index (χ2v) is 11.2. The van der Waals surface area contributed by atoms with E-state index in [9.17, 15) is 13.2 Å². The molecule has 3 aliphatic rings. The molecule has 0 spiro atoms. The molecule has 3 aliphatic heterocycles. The number of likely N-dealkylation sites (tertiary alicyclic amines) is 1. The van der Waals surface area contributed by atoms with Gasteiger partial charge in [0.15, 0.2) is 0 Å². The van der Waals surface area contributed by atoms with Gasteiger partial charge in [0, 0.05) is 65.8 Å². The number of hydrogen-bond acceptors (Lipinski definition) is 5. The molecule has 8 heteroatoms. The lowest BCUT2D eigenvalue weighted by molar-refractivity contribution is -0.137. The fourth-order valence-corrected chi connectivity index (χ4v) is 6.67. The molecule has 2 aromatic carbocycles. The summed E-state index contributed by atoms with van der Waals surface area (Å²) in [4.78, 5) is 6.56. The number of piperidine rings is 2. The van der Waals surface area contributed by atoms with E-state index in [2.05, 4.69) is 40.2 Å². The summed E-state index contributed by atoms with van der Waals surface area (Å²) < 4.78 is 41.5. The molecule has 3 heterocycles. The van der Waals surface area contributed by atoms with E-state index in [1.54, 1.807) is 0 Å². The van der Waals surface area contributed by atoms with Crippen molar-refractivity contribution in [2.24, 2.45) is 5.73 Å². The average Bonchev–Trinajstić information content (AvgIpc) is 2.84. The SMILES string of the molecule is CCCN1CCC(Nc2cc(C(F)(F)F)cc3c2Cc2ccc(N4CCC(N)CC4)cc2S3)CC1. The van der Waals surface area contributed by atoms with E-state index in [0.717, 1.165) is 85.9 Å². The first-order valence-electron chi connectivity index (χ1n) is 12.8. The smallest absolute Gasteiger partial charge is 0.382 e. The zero-order valence-electron chi connectivity index (χ0n) is 20.3. The van der Waals surface area contributed by atoms with Gasteiger partial charge in [-0.2, -0.15) is 13.2 Å². The van der Waals surface area contributed by atoms with Gasteiger partial charge < -0.3 is 20.9 Å². The highest BCUT2D eigenvalue weighted by molar-refractivity contribution is 7.99. The highest BCUT2D eigenvalue weighted by Gasteiger charge is 2.34. The van der Waals surface area contributed by atoms with Gasteiger partial charge in [-0.25, -0.2) is 0 Å². The van der Waals surface area contributed by atoms with Crippen molar-refractivity contribution in [3.63, 3.8) is 0 Å². The van der Waals surface area contributed by atoms with Gasteiger partial charge in [-0.15, -0.1) is 0 Å². The molecule has 0 unspecified atom stereocenters. The van der Waals surface area contributed by atoms with Crippen molar-refractivity contribution >= 4 is 23.1 Å². The van der Waals surface area contributed by atoms with Crippen molar-refractivity contribution in [2.45, 2.75) is 73.5 Å². The van der Waals surface area contributed by atoms with Crippen molar-refractivity contribution in [2.75, 3.05) is 42.9 Å². The number of nitrogens with zero attached hydrogens (tertiary/aromatic N) is 2. The molecule has 0 saturated carbocycles. The Labute approximate surface area is 210 Å². The maximum atomic E-state index is 13.8. The zero-order chi connectivity index (χ0) is 24.6. The van der Waals surface area contributed by atoms with E-state index < -0.39 is 11.7 Å². The highest BCUT2D eigenvalue weighted by atomic mass is 32.2. The molecule has 0 aromatic heterocycles. The number of anilines is 2. The van der Waals surface area contributed by atoms with Gasteiger partial charge in [-0.05, 0) is 74.0 Å². The Morgan fingerprint density at radius 3 is 2.43 bits per heavy atom. The minimum Gasteiger partial charge on any atom is -0.382 e. The summed E-state index contributed by atoms with van der Waals surface area (Å²) >= 11 is 1.48. The molecule has 190 valence electrons. The summed E-state index contributed by atoms with van der Waals surface area (Å²) in [6.45, 7) is 7.10. The van der Waals surface area contributed by atoms with Crippen molar-refractivity contribution < 1.29 is 13.2 Å². The minimum atomic E-state index is -4.37. The number of fused-ring (bicyclic) bond motifs is 2. The van der Waals surface area contributed by atoms with E-state index in [1.807, 2.05) is 0 Å². The van der Waals surface area contributed by atoms with E-state index in [1.165, 1.54) is 29.5 Å². The summed E-state index contributed by atoms with van der Waals surface area (Å²) in [5.41, 5.74) is 9.44. The van der Waals surface area contributed by atoms with Crippen LogP contribution in [0.4, 0.5) is 24.5 Å². The van der Waals surface area contributed by atoms with Crippen molar-refractivity contribution in [3.05, 3.63) is 47.0 Å². The number of nitrogens with one attached hydrogen (secondary N) is 1. The van der Waals surface area contributed by atoms with Crippen LogP contribution in [0.2, 0.25) is 0 Å². The predicted octanol–water partition coefficient (Wildman–Crippen LogP) is 5.97. The van der Waals surface area contributed by atoms with Crippen LogP contribution < -0.4 is 16.0 Å². The number of halogens is 3. The summed E-state index contributed by atoms with van der Waals surface area (Å²) in [5, 5.41) is 3.52. The molecule has 3 N–H and O–H groups in total. The summed E-state index contributed by atoms with van der Waals surface area (Å²) in [5.74, 6) is 0. The quantitative estimate of drug-likeness (QED) is 0.448. The monoisotopic (exact) mass is 504 g/mol. The fourth-order valence-electron chi connectivity index (χ4n) is 5.50. The molecule has 0 radical (unpaired) electrons. The molecule has 2 fully saturated rings. The molecule has 0 amide bonds. The van der Waals surface area contributed by atoms with Gasteiger partial charge >= 0.3 is 6.18 Å². The van der Waals surface area contributed by atoms with Gasteiger partial charge in [0.05, 0.1) is 5.56 Å². The first-order chi connectivity index (χ1) is 16.8. The van der Waals surface area contributed by atoms with Crippen molar-refractivity contribution in [3.8, 4) is 0 Å². The normalized spacial score (nSPS) is 20.0. The maximum absolute atomic E-state index is 13.8. The lowest BCUT2D eigenvalue weighted by Gasteiger charge is -2.34. The number of alkyl halides is 3. The standard InChI is InChI=1S/C27H35F3N4S/c1-2-9-33-10-7-21(8-11-33)32-24-15-19(27(28,29)30)16-26-23(24)14-18-3-4-22(17-25(18)35-26)34-12-5-20(31)6-13-34/h3-4,15-17,20-21,32H,2,5-14,31H2,1H3. The molecule has 0 atom stereocenters. The first-order valence-corrected chi connectivity index (χ1v) is 13.7. The van der Waals surface area contributed by atoms with E-state index in [0.29, 0.717) is 12.1 Å². The number of hydrogen-bond donors (Lipinski definition) is 2. The van der Waals surface area contributed by atoms with Crippen LogP contribution in [0.15, 0.2) is 40.1 Å². The molecular formula is C27H35F3N4S. The molecule has 0 bridgehead atoms. The van der Waals surface area contributed by atoms with Crippen molar-refractivity contribution in [1.82, 2.24) is 4.90 Å². The summed E-state index contributed by atoms with van der Waals surface area (Å²) in [6.07, 6.45) is 1.25. The van der Waals surface area contributed by atoms with Gasteiger partial charge in [-0.1, -0.05) is 24.8 Å². The third-order valence-electron chi connectivity index (χ3n) is 7.57. The van der Waals surface area contributed by atoms with Crippen LogP contribution in [0.25, 0.3) is 0 Å². The third kappa shape index (κ3) is 5.59. The second-order valence-electron chi connectivity index (χ2n) is 10.2. The Bertz CT molecular complexity index is 1040. The van der Waals surface area contributed by atoms with Crippen molar-refractivity contribution in [1.29, 1.82) is 0 Å². The predicted molar refractivity (Wildman–Crippen MR) is 138 cm³/mol. The Balaban J connectivity index is 1.39. The Morgan fingerprint density at radius 2 is 1.74 bits per heavy atom. The molecule has 4 nitrogen and oxygen atoms in total. The number of benzene rings is 2. The van der Waals surface area contributed by atoms with E-state index in [4.69, 9.17) is 5.73 Å². The molecule has 2 aromatic rings. The summed E-state index contributed by atoms with van der Waals surface area (Å²) in [7, 11) is 0. The number of nitrogens with two attached hydrogens (primary N) is 1. The lowest BCUT2D eigenvalue weighted by Crippen LogP contribution is -2.39. The topological polar surface area (TPSA) is 44.5 Å². The molecular weight excluding hydrogens is 469 g/mol. The van der Waals surface area contributed by atoms with Crippen LogP contribution in [0, 0.1) is 0 Å². The van der Waals surface area contributed by atoms with Gasteiger partial charge in [-0.3, -0.25) is 0 Å². The van der Waals surface area contributed by atoms with Crippen LogP contribution in [0.5, 0.6) is 0 Å². The van der Waals surface area contributed by atoms with Crippen LogP contribution in [-0.4, -0.2) is 49.7 Å². The lowest BCUT2D eigenvalue weighted by atomic mass is 9.97. The summed E-state index contributed by atoms with van der Waals surface area (Å²) in [6, 6.07) is 9.59. The molecule has 0 aliphatic carbocycles. The molecule has 5 rings (SSSR count). The Hall–Kier alpha value is -1.90. The van der Waals surface area contributed by atoms with E-state index >= 15 is 0 Å². The van der Waals surface area contributed by atoms with Gasteiger partial charge in [0.2, 0.25) is 0 Å². The second kappa shape index (κ2) is 10.2. The first kappa shape index (κ1) is 24.8. The van der Waals surface area contributed by atoms with Gasteiger partial charge in [0.25, 0.3) is 0 Å². The molecule has 35 heavy (non-hydrogen) atoms.